The molecule has 0 saturated carbocycles. The number of anilines is 3. The lowest BCUT2D eigenvalue weighted by Gasteiger charge is -2.29. The third-order valence-electron chi connectivity index (χ3n) is 11.3. The minimum atomic E-state index is -0.0983. The summed E-state index contributed by atoms with van der Waals surface area (Å²) in [5, 5.41) is 4.76. The van der Waals surface area contributed by atoms with Gasteiger partial charge in [0.1, 0.15) is 11.2 Å². The van der Waals surface area contributed by atoms with Crippen LogP contribution in [0.1, 0.15) is 49.9 Å². The number of fused-ring (bicyclic) bond motifs is 11. The Bertz CT molecular complexity index is 2530. The van der Waals surface area contributed by atoms with Gasteiger partial charge in [0, 0.05) is 44.7 Å². The Hall–Kier alpha value is -5.60. The second kappa shape index (κ2) is 9.49. The molecule has 10 rings (SSSR count). The molecule has 1 heterocycles. The fourth-order valence-corrected chi connectivity index (χ4v) is 8.78. The molecule has 2 heteroatoms. The molecule has 0 atom stereocenters. The Morgan fingerprint density at radius 3 is 1.58 bits per heavy atom. The maximum Gasteiger partial charge on any atom is 0.137 e. The van der Waals surface area contributed by atoms with Crippen molar-refractivity contribution in [3.05, 3.63) is 162 Å². The molecule has 0 N–H and O–H groups in total. The van der Waals surface area contributed by atoms with E-state index in [4.69, 9.17) is 4.42 Å². The number of benzene rings is 7. The number of furan rings is 1. The van der Waals surface area contributed by atoms with Crippen LogP contribution in [0.2, 0.25) is 0 Å². The first-order valence-corrected chi connectivity index (χ1v) is 16.9. The minimum Gasteiger partial charge on any atom is -0.456 e. The second-order valence-corrected chi connectivity index (χ2v) is 14.6. The molecule has 0 radical (unpaired) electrons. The summed E-state index contributed by atoms with van der Waals surface area (Å²) in [4.78, 5) is 2.42. The van der Waals surface area contributed by atoms with Gasteiger partial charge in [-0.1, -0.05) is 119 Å². The van der Waals surface area contributed by atoms with Gasteiger partial charge in [-0.25, -0.2) is 0 Å². The topological polar surface area (TPSA) is 16.4 Å². The molecule has 0 amide bonds. The van der Waals surface area contributed by atoms with Gasteiger partial charge in [0.05, 0.1) is 0 Å². The molecule has 2 aliphatic carbocycles. The van der Waals surface area contributed by atoms with E-state index < -0.39 is 0 Å². The zero-order valence-corrected chi connectivity index (χ0v) is 27.6. The summed E-state index contributed by atoms with van der Waals surface area (Å²) in [5.74, 6) is 0. The van der Waals surface area contributed by atoms with Crippen LogP contribution in [0.5, 0.6) is 0 Å². The van der Waals surface area contributed by atoms with E-state index in [1.165, 1.54) is 60.7 Å². The Balaban J connectivity index is 1.20. The van der Waals surface area contributed by atoms with Crippen LogP contribution in [-0.2, 0) is 10.8 Å². The average molecular weight is 618 g/mol. The molecule has 48 heavy (non-hydrogen) atoms. The molecular formula is C46H35NO. The molecule has 8 aromatic rings. The maximum atomic E-state index is 6.60. The zero-order valence-electron chi connectivity index (χ0n) is 27.6. The van der Waals surface area contributed by atoms with Crippen molar-refractivity contribution in [3.63, 3.8) is 0 Å². The van der Waals surface area contributed by atoms with Crippen molar-refractivity contribution < 1.29 is 4.42 Å². The minimum absolute atomic E-state index is 0.0983. The van der Waals surface area contributed by atoms with E-state index in [1.807, 2.05) is 0 Å². The van der Waals surface area contributed by atoms with Gasteiger partial charge in [-0.15, -0.1) is 0 Å². The first-order chi connectivity index (χ1) is 23.3. The highest BCUT2D eigenvalue weighted by Gasteiger charge is 2.37. The van der Waals surface area contributed by atoms with Gasteiger partial charge in [-0.2, -0.15) is 0 Å². The number of rotatable bonds is 3. The fraction of sp³-hybridized carbons (Fsp3) is 0.130. The maximum absolute atomic E-state index is 6.60. The Morgan fingerprint density at radius 2 is 0.938 bits per heavy atom. The van der Waals surface area contributed by atoms with Crippen molar-refractivity contribution in [3.8, 4) is 22.3 Å². The van der Waals surface area contributed by atoms with Gasteiger partial charge in [0.2, 0.25) is 0 Å². The van der Waals surface area contributed by atoms with Crippen molar-refractivity contribution in [2.24, 2.45) is 0 Å². The number of hydrogen-bond donors (Lipinski definition) is 0. The van der Waals surface area contributed by atoms with Gasteiger partial charge in [-0.3, -0.25) is 0 Å². The Morgan fingerprint density at radius 1 is 0.417 bits per heavy atom. The third kappa shape index (κ3) is 3.63. The average Bonchev–Trinajstić information content (AvgIpc) is 3.68. The lowest BCUT2D eigenvalue weighted by Crippen LogP contribution is -2.18. The molecule has 2 nitrogen and oxygen atoms in total. The van der Waals surface area contributed by atoms with Crippen LogP contribution >= 0.6 is 0 Å². The first kappa shape index (κ1) is 27.5. The van der Waals surface area contributed by atoms with Crippen molar-refractivity contribution in [2.75, 3.05) is 4.90 Å². The first-order valence-electron chi connectivity index (χ1n) is 16.9. The van der Waals surface area contributed by atoms with Crippen molar-refractivity contribution in [1.82, 2.24) is 0 Å². The van der Waals surface area contributed by atoms with Crippen LogP contribution in [-0.4, -0.2) is 0 Å². The lowest BCUT2D eigenvalue weighted by atomic mass is 9.82. The number of hydrogen-bond acceptors (Lipinski definition) is 2. The van der Waals surface area contributed by atoms with E-state index in [-0.39, 0.29) is 10.8 Å². The van der Waals surface area contributed by atoms with E-state index >= 15 is 0 Å². The quantitative estimate of drug-likeness (QED) is 0.196. The van der Waals surface area contributed by atoms with Gasteiger partial charge in [-0.05, 0) is 97.7 Å². The van der Waals surface area contributed by atoms with Crippen LogP contribution < -0.4 is 4.90 Å². The molecule has 230 valence electrons. The smallest absolute Gasteiger partial charge is 0.137 e. The Kier molecular flexibility index (Phi) is 5.44. The predicted molar refractivity (Wildman–Crippen MR) is 201 cm³/mol. The highest BCUT2D eigenvalue weighted by molar-refractivity contribution is 6.19. The van der Waals surface area contributed by atoms with Gasteiger partial charge >= 0.3 is 0 Å². The van der Waals surface area contributed by atoms with Crippen LogP contribution in [0.3, 0.4) is 0 Å². The summed E-state index contributed by atoms with van der Waals surface area (Å²) >= 11 is 0. The van der Waals surface area contributed by atoms with E-state index in [9.17, 15) is 0 Å². The second-order valence-electron chi connectivity index (χ2n) is 14.6. The van der Waals surface area contributed by atoms with Crippen molar-refractivity contribution >= 4 is 49.8 Å². The summed E-state index contributed by atoms with van der Waals surface area (Å²) < 4.78 is 6.60. The van der Waals surface area contributed by atoms with Gasteiger partial charge in [0.25, 0.3) is 0 Å². The lowest BCUT2D eigenvalue weighted by molar-refractivity contribution is 0.660. The highest BCUT2D eigenvalue weighted by Crippen LogP contribution is 2.53. The summed E-state index contributed by atoms with van der Waals surface area (Å²) in [6.07, 6.45) is 0. The standard InChI is InChI=1S/C46H35NO/c1-45(2)38-15-9-7-13-33(38)35-21-18-29(25-40(35)45)47(30-19-22-36-34-14-8-10-16-39(34)46(3,4)41(36)26-30)31-20-23-37-43(27-31)48-42-24-17-28-11-5-6-12-32(28)44(37)42/h5-27H,1-4H3. The van der Waals surface area contributed by atoms with Gasteiger partial charge < -0.3 is 9.32 Å². The van der Waals surface area contributed by atoms with Gasteiger partial charge in [0.15, 0.2) is 0 Å². The van der Waals surface area contributed by atoms with E-state index in [0.29, 0.717) is 0 Å². The molecule has 0 bridgehead atoms. The Labute approximate surface area is 280 Å². The third-order valence-corrected chi connectivity index (χ3v) is 11.3. The van der Waals surface area contributed by atoms with E-state index in [2.05, 4.69) is 172 Å². The van der Waals surface area contributed by atoms with Crippen LogP contribution in [0.4, 0.5) is 17.1 Å². The van der Waals surface area contributed by atoms with Crippen LogP contribution in [0.15, 0.2) is 144 Å². The van der Waals surface area contributed by atoms with E-state index in [0.717, 1.165) is 33.6 Å². The summed E-state index contributed by atoms with van der Waals surface area (Å²) in [6.45, 7) is 9.41. The molecule has 0 saturated heterocycles. The van der Waals surface area contributed by atoms with E-state index in [1.54, 1.807) is 0 Å². The highest BCUT2D eigenvalue weighted by atomic mass is 16.3. The summed E-state index contributed by atoms with van der Waals surface area (Å²) in [5.41, 5.74) is 15.8. The molecule has 7 aromatic carbocycles. The fourth-order valence-electron chi connectivity index (χ4n) is 8.78. The molecule has 0 unspecified atom stereocenters. The number of nitrogens with zero attached hydrogens (tertiary/aromatic N) is 1. The predicted octanol–water partition coefficient (Wildman–Crippen LogP) is 12.8. The molecule has 0 aliphatic heterocycles. The molecular weight excluding hydrogens is 583 g/mol. The summed E-state index contributed by atoms with van der Waals surface area (Å²) in [6, 6.07) is 51.4. The normalized spacial score (nSPS) is 15.0. The van der Waals surface area contributed by atoms with Crippen molar-refractivity contribution in [1.29, 1.82) is 0 Å². The SMILES string of the molecule is CC1(C)c2ccccc2-c2ccc(N(c3ccc4c(c3)C(C)(C)c3ccccc3-4)c3ccc4c(c3)oc3ccc5ccccc5c34)cc21. The molecule has 0 spiro atoms. The summed E-state index contributed by atoms with van der Waals surface area (Å²) in [7, 11) is 0. The van der Waals surface area contributed by atoms with Crippen LogP contribution in [0.25, 0.3) is 55.0 Å². The monoisotopic (exact) mass is 617 g/mol. The molecule has 2 aliphatic rings. The largest absolute Gasteiger partial charge is 0.456 e. The van der Waals surface area contributed by atoms with Crippen molar-refractivity contribution in [2.45, 2.75) is 38.5 Å². The molecule has 0 fully saturated rings. The van der Waals surface area contributed by atoms with Crippen LogP contribution in [0, 0.1) is 0 Å². The molecule has 1 aromatic heterocycles. The zero-order chi connectivity index (χ0) is 32.4.